The van der Waals surface area contributed by atoms with Gasteiger partial charge in [0.2, 0.25) is 0 Å². The van der Waals surface area contributed by atoms with E-state index in [1.54, 1.807) is 0 Å². The highest BCUT2D eigenvalue weighted by Crippen LogP contribution is 2.34. The van der Waals surface area contributed by atoms with E-state index >= 15 is 0 Å². The molecule has 0 bridgehead atoms. The van der Waals surface area contributed by atoms with E-state index in [-0.39, 0.29) is 0 Å². The minimum absolute atomic E-state index is 0.718. The van der Waals surface area contributed by atoms with E-state index in [1.807, 2.05) is 26.0 Å². The smallest absolute Gasteiger partial charge is 0.329 e. The van der Waals surface area contributed by atoms with Gasteiger partial charge in [0.1, 0.15) is 5.54 Å². The van der Waals surface area contributed by atoms with Crippen LogP contribution in [0.3, 0.4) is 0 Å². The second kappa shape index (κ2) is 4.40. The van der Waals surface area contributed by atoms with Crippen molar-refractivity contribution < 1.29 is 9.90 Å². The Bertz CT molecular complexity index is 434. The van der Waals surface area contributed by atoms with E-state index < -0.39 is 11.5 Å². The zero-order valence-electron chi connectivity index (χ0n) is 10.4. The van der Waals surface area contributed by atoms with Gasteiger partial charge in [0.15, 0.2) is 0 Å². The molecule has 0 spiro atoms. The Morgan fingerprint density at radius 1 is 1.29 bits per heavy atom. The molecule has 0 amide bonds. The van der Waals surface area contributed by atoms with Gasteiger partial charge in [0.05, 0.1) is 0 Å². The summed E-state index contributed by atoms with van der Waals surface area (Å²) in [6.45, 7) is 4.05. The van der Waals surface area contributed by atoms with E-state index in [9.17, 15) is 9.90 Å². The first-order chi connectivity index (χ1) is 8.03. The van der Waals surface area contributed by atoms with Crippen molar-refractivity contribution in [3.63, 3.8) is 0 Å². The maximum absolute atomic E-state index is 11.4. The lowest BCUT2D eigenvalue weighted by Crippen LogP contribution is -2.43. The summed E-state index contributed by atoms with van der Waals surface area (Å²) < 4.78 is 0. The van der Waals surface area contributed by atoms with Crippen LogP contribution < -0.4 is 5.32 Å². The van der Waals surface area contributed by atoms with Crippen molar-refractivity contribution in [1.29, 1.82) is 0 Å². The number of hydrogen-bond acceptors (Lipinski definition) is 2. The first-order valence-electron chi connectivity index (χ1n) is 6.12. The lowest BCUT2D eigenvalue weighted by molar-refractivity contribution is -0.142. The summed E-state index contributed by atoms with van der Waals surface area (Å²) in [5, 5.41) is 12.7. The molecule has 2 rings (SSSR count). The van der Waals surface area contributed by atoms with Crippen molar-refractivity contribution in [3.8, 4) is 0 Å². The largest absolute Gasteiger partial charge is 0.480 e. The minimum atomic E-state index is -0.750. The summed E-state index contributed by atoms with van der Waals surface area (Å²) in [7, 11) is 0. The van der Waals surface area contributed by atoms with Gasteiger partial charge in [0, 0.05) is 5.69 Å². The Balaban J connectivity index is 2.26. The van der Waals surface area contributed by atoms with Crippen LogP contribution in [0.15, 0.2) is 18.2 Å². The van der Waals surface area contributed by atoms with Crippen molar-refractivity contribution in [2.75, 3.05) is 5.32 Å². The molecule has 0 atom stereocenters. The fourth-order valence-corrected chi connectivity index (χ4v) is 2.58. The molecule has 1 fully saturated rings. The SMILES string of the molecule is Cc1ccc(NC2(C(=O)O)CCCC2)c(C)c1. The number of anilines is 1. The third kappa shape index (κ3) is 2.28. The Labute approximate surface area is 102 Å². The maximum Gasteiger partial charge on any atom is 0.329 e. The molecule has 1 saturated carbocycles. The highest BCUT2D eigenvalue weighted by molar-refractivity contribution is 5.83. The number of aryl methyl sites for hydroxylation is 2. The summed E-state index contributed by atoms with van der Waals surface area (Å²) >= 11 is 0. The van der Waals surface area contributed by atoms with Crippen LogP contribution in [0.5, 0.6) is 0 Å². The predicted molar refractivity (Wildman–Crippen MR) is 68.4 cm³/mol. The molecule has 1 aromatic carbocycles. The van der Waals surface area contributed by atoms with E-state index in [0.29, 0.717) is 0 Å². The lowest BCUT2D eigenvalue weighted by atomic mass is 9.96. The third-order valence-corrected chi connectivity index (χ3v) is 3.62. The molecule has 0 unspecified atom stereocenters. The number of hydrogen-bond donors (Lipinski definition) is 2. The van der Waals surface area contributed by atoms with E-state index in [2.05, 4.69) is 11.4 Å². The van der Waals surface area contributed by atoms with Gasteiger partial charge in [0.25, 0.3) is 0 Å². The van der Waals surface area contributed by atoms with Gasteiger partial charge in [-0.15, -0.1) is 0 Å². The van der Waals surface area contributed by atoms with Crippen molar-refractivity contribution >= 4 is 11.7 Å². The molecule has 0 radical (unpaired) electrons. The molecule has 2 N–H and O–H groups in total. The normalized spacial score (nSPS) is 18.0. The number of carboxylic acid groups (broad SMARTS) is 1. The molecule has 3 nitrogen and oxygen atoms in total. The van der Waals surface area contributed by atoms with Crippen LogP contribution in [0.2, 0.25) is 0 Å². The number of rotatable bonds is 3. The van der Waals surface area contributed by atoms with Crippen molar-refractivity contribution in [1.82, 2.24) is 0 Å². The van der Waals surface area contributed by atoms with Crippen LogP contribution >= 0.6 is 0 Å². The zero-order valence-corrected chi connectivity index (χ0v) is 10.4. The number of carbonyl (C=O) groups is 1. The molecule has 0 aromatic heterocycles. The van der Waals surface area contributed by atoms with Crippen molar-refractivity contribution in [3.05, 3.63) is 29.3 Å². The van der Waals surface area contributed by atoms with Crippen LogP contribution in [-0.4, -0.2) is 16.6 Å². The van der Waals surface area contributed by atoms with Crippen LogP contribution in [0, 0.1) is 13.8 Å². The predicted octanol–water partition coefficient (Wildman–Crippen LogP) is 3.11. The fraction of sp³-hybridized carbons (Fsp3) is 0.500. The van der Waals surface area contributed by atoms with Gasteiger partial charge >= 0.3 is 5.97 Å². The van der Waals surface area contributed by atoms with Gasteiger partial charge in [-0.1, -0.05) is 30.5 Å². The second-order valence-corrected chi connectivity index (χ2v) is 5.04. The molecule has 1 aliphatic rings. The second-order valence-electron chi connectivity index (χ2n) is 5.04. The lowest BCUT2D eigenvalue weighted by Gasteiger charge is -2.27. The number of carboxylic acids is 1. The molecular formula is C14H19NO2. The molecule has 3 heteroatoms. The highest BCUT2D eigenvalue weighted by Gasteiger charge is 2.41. The molecule has 1 aliphatic carbocycles. The van der Waals surface area contributed by atoms with Gasteiger partial charge in [-0.05, 0) is 38.3 Å². The number of benzene rings is 1. The summed E-state index contributed by atoms with van der Waals surface area (Å²) in [4.78, 5) is 11.4. The molecule has 17 heavy (non-hydrogen) atoms. The molecule has 0 aliphatic heterocycles. The van der Waals surface area contributed by atoms with Gasteiger partial charge < -0.3 is 10.4 Å². The summed E-state index contributed by atoms with van der Waals surface area (Å²) in [6, 6.07) is 6.07. The Hall–Kier alpha value is -1.51. The topological polar surface area (TPSA) is 49.3 Å². The average Bonchev–Trinajstić information content (AvgIpc) is 2.72. The van der Waals surface area contributed by atoms with Crippen molar-refractivity contribution in [2.45, 2.75) is 45.1 Å². The molecule has 1 aromatic rings. The molecule has 0 heterocycles. The third-order valence-electron chi connectivity index (χ3n) is 3.62. The van der Waals surface area contributed by atoms with Gasteiger partial charge in [-0.2, -0.15) is 0 Å². The van der Waals surface area contributed by atoms with E-state index in [4.69, 9.17) is 0 Å². The fourth-order valence-electron chi connectivity index (χ4n) is 2.58. The van der Waals surface area contributed by atoms with Gasteiger partial charge in [-0.3, -0.25) is 0 Å². The molecule has 0 saturated heterocycles. The highest BCUT2D eigenvalue weighted by atomic mass is 16.4. The quantitative estimate of drug-likeness (QED) is 0.843. The summed E-state index contributed by atoms with van der Waals surface area (Å²) in [5.74, 6) is -0.727. The van der Waals surface area contributed by atoms with E-state index in [0.717, 1.165) is 36.9 Å². The summed E-state index contributed by atoms with van der Waals surface area (Å²) in [5.41, 5.74) is 2.50. The maximum atomic E-state index is 11.4. The van der Waals surface area contributed by atoms with E-state index in [1.165, 1.54) is 5.56 Å². The minimum Gasteiger partial charge on any atom is -0.480 e. The summed E-state index contributed by atoms with van der Waals surface area (Å²) in [6.07, 6.45) is 3.42. The zero-order chi connectivity index (χ0) is 12.5. The average molecular weight is 233 g/mol. The number of aliphatic carboxylic acids is 1. The Morgan fingerprint density at radius 3 is 2.47 bits per heavy atom. The van der Waals surface area contributed by atoms with Crippen molar-refractivity contribution in [2.24, 2.45) is 0 Å². The Morgan fingerprint density at radius 2 is 1.94 bits per heavy atom. The van der Waals surface area contributed by atoms with Crippen LogP contribution in [0.25, 0.3) is 0 Å². The molecular weight excluding hydrogens is 214 g/mol. The van der Waals surface area contributed by atoms with Gasteiger partial charge in [-0.25, -0.2) is 4.79 Å². The standard InChI is InChI=1S/C14H19NO2/c1-10-5-6-12(11(2)9-10)15-14(13(16)17)7-3-4-8-14/h5-6,9,15H,3-4,7-8H2,1-2H3,(H,16,17). The van der Waals surface area contributed by atoms with Crippen LogP contribution in [0.1, 0.15) is 36.8 Å². The monoisotopic (exact) mass is 233 g/mol. The van der Waals surface area contributed by atoms with Crippen LogP contribution in [-0.2, 0) is 4.79 Å². The van der Waals surface area contributed by atoms with Crippen LogP contribution in [0.4, 0.5) is 5.69 Å². The first-order valence-corrected chi connectivity index (χ1v) is 6.12. The number of nitrogens with one attached hydrogen (secondary N) is 1. The first kappa shape index (κ1) is 12.0. The molecule has 92 valence electrons. The Kier molecular flexibility index (Phi) is 3.09.